The number of hydrogen-bond acceptors (Lipinski definition) is 1. The third kappa shape index (κ3) is 3.97. The lowest BCUT2D eigenvalue weighted by Gasteiger charge is -2.14. The van der Waals surface area contributed by atoms with Crippen LogP contribution in [-0.4, -0.2) is 0 Å². The highest BCUT2D eigenvalue weighted by molar-refractivity contribution is 5.27. The molecule has 1 heteroatoms. The minimum Gasteiger partial charge on any atom is -0.324 e. The van der Waals surface area contributed by atoms with Gasteiger partial charge < -0.3 is 5.73 Å². The molecule has 0 saturated carbocycles. The van der Waals surface area contributed by atoms with Gasteiger partial charge in [-0.05, 0) is 23.5 Å². The fraction of sp³-hybridized carbons (Fsp3) is 0.600. The van der Waals surface area contributed by atoms with E-state index in [9.17, 15) is 0 Å². The molecule has 0 aliphatic heterocycles. The number of unbranched alkanes of at least 4 members (excludes halogenated alkanes) is 2. The molecule has 0 radical (unpaired) electrons. The zero-order chi connectivity index (χ0) is 12.0. The molecule has 1 rings (SSSR count). The van der Waals surface area contributed by atoms with E-state index in [1.165, 1.54) is 30.4 Å². The van der Waals surface area contributed by atoms with Gasteiger partial charge in [-0.1, -0.05) is 64.3 Å². The Kier molecular flexibility index (Phi) is 5.54. The van der Waals surface area contributed by atoms with Gasteiger partial charge in [-0.25, -0.2) is 0 Å². The van der Waals surface area contributed by atoms with E-state index in [0.29, 0.717) is 5.92 Å². The van der Waals surface area contributed by atoms with E-state index in [1.807, 2.05) is 0 Å². The third-order valence-electron chi connectivity index (χ3n) is 3.12. The van der Waals surface area contributed by atoms with E-state index in [0.717, 1.165) is 6.42 Å². The summed E-state index contributed by atoms with van der Waals surface area (Å²) in [5.74, 6) is 0.586. The van der Waals surface area contributed by atoms with Crippen molar-refractivity contribution < 1.29 is 0 Å². The molecule has 1 aromatic rings. The smallest absolute Gasteiger partial charge is 0.0294 e. The normalized spacial score (nSPS) is 13.1. The molecule has 0 amide bonds. The van der Waals surface area contributed by atoms with Crippen LogP contribution < -0.4 is 5.73 Å². The molecule has 90 valence electrons. The Balaban J connectivity index is 2.60. The van der Waals surface area contributed by atoms with Gasteiger partial charge in [0.1, 0.15) is 0 Å². The first-order chi connectivity index (χ1) is 7.65. The molecule has 1 nitrogen and oxygen atoms in total. The maximum atomic E-state index is 6.20. The van der Waals surface area contributed by atoms with Gasteiger partial charge >= 0.3 is 0 Å². The standard InChI is InChI=1S/C15H25N/c1-4-5-6-10-15(16)14-9-7-8-13(11-14)12(2)3/h7-9,11-12,15H,4-6,10,16H2,1-3H3/t15-/m1/s1. The molecule has 0 unspecified atom stereocenters. The fourth-order valence-corrected chi connectivity index (χ4v) is 1.93. The van der Waals surface area contributed by atoms with Gasteiger partial charge in [0.25, 0.3) is 0 Å². The lowest BCUT2D eigenvalue weighted by atomic mass is 9.95. The summed E-state index contributed by atoms with van der Waals surface area (Å²) in [4.78, 5) is 0. The average Bonchev–Trinajstić information content (AvgIpc) is 2.29. The fourth-order valence-electron chi connectivity index (χ4n) is 1.93. The van der Waals surface area contributed by atoms with Crippen LogP contribution in [-0.2, 0) is 0 Å². The monoisotopic (exact) mass is 219 g/mol. The molecule has 0 fully saturated rings. The van der Waals surface area contributed by atoms with Crippen LogP contribution in [0, 0.1) is 0 Å². The van der Waals surface area contributed by atoms with Crippen LogP contribution >= 0.6 is 0 Å². The summed E-state index contributed by atoms with van der Waals surface area (Å²) in [6.45, 7) is 6.67. The van der Waals surface area contributed by atoms with E-state index in [2.05, 4.69) is 45.0 Å². The predicted molar refractivity (Wildman–Crippen MR) is 71.6 cm³/mol. The maximum absolute atomic E-state index is 6.20. The van der Waals surface area contributed by atoms with Gasteiger partial charge in [0.05, 0.1) is 0 Å². The second kappa shape index (κ2) is 6.70. The van der Waals surface area contributed by atoms with E-state index in [4.69, 9.17) is 5.73 Å². The summed E-state index contributed by atoms with van der Waals surface area (Å²) in [6.07, 6.45) is 4.90. The van der Waals surface area contributed by atoms with E-state index in [1.54, 1.807) is 0 Å². The molecular formula is C15H25N. The van der Waals surface area contributed by atoms with E-state index >= 15 is 0 Å². The van der Waals surface area contributed by atoms with Crippen LogP contribution in [0.5, 0.6) is 0 Å². The highest BCUT2D eigenvalue weighted by Crippen LogP contribution is 2.22. The molecular weight excluding hydrogens is 194 g/mol. The Labute approximate surface area is 100 Å². The molecule has 0 spiro atoms. The summed E-state index contributed by atoms with van der Waals surface area (Å²) >= 11 is 0. The van der Waals surface area contributed by atoms with Crippen LogP contribution in [0.2, 0.25) is 0 Å². The minimum atomic E-state index is 0.213. The summed E-state index contributed by atoms with van der Waals surface area (Å²) < 4.78 is 0. The van der Waals surface area contributed by atoms with Crippen LogP contribution in [0.15, 0.2) is 24.3 Å². The largest absolute Gasteiger partial charge is 0.324 e. The maximum Gasteiger partial charge on any atom is 0.0294 e. The first-order valence-corrected chi connectivity index (χ1v) is 6.50. The van der Waals surface area contributed by atoms with Gasteiger partial charge in [0, 0.05) is 6.04 Å². The molecule has 0 aliphatic carbocycles. The Hall–Kier alpha value is -0.820. The summed E-state index contributed by atoms with van der Waals surface area (Å²) in [7, 11) is 0. The summed E-state index contributed by atoms with van der Waals surface area (Å²) in [5, 5.41) is 0. The van der Waals surface area contributed by atoms with Gasteiger partial charge in [0.2, 0.25) is 0 Å². The SMILES string of the molecule is CCCCC[C@@H](N)c1cccc(C(C)C)c1. The second-order valence-electron chi connectivity index (χ2n) is 4.93. The van der Waals surface area contributed by atoms with Gasteiger partial charge in [0.15, 0.2) is 0 Å². The lowest BCUT2D eigenvalue weighted by molar-refractivity contribution is 0.580. The molecule has 0 aliphatic rings. The van der Waals surface area contributed by atoms with Gasteiger partial charge in [-0.3, -0.25) is 0 Å². The zero-order valence-electron chi connectivity index (χ0n) is 10.9. The zero-order valence-corrected chi connectivity index (χ0v) is 10.9. The van der Waals surface area contributed by atoms with Gasteiger partial charge in [-0.2, -0.15) is 0 Å². The molecule has 2 N–H and O–H groups in total. The Bertz CT molecular complexity index is 304. The second-order valence-corrected chi connectivity index (χ2v) is 4.93. The van der Waals surface area contributed by atoms with Crippen LogP contribution in [0.4, 0.5) is 0 Å². The molecule has 1 atom stereocenters. The van der Waals surface area contributed by atoms with Crippen molar-refractivity contribution >= 4 is 0 Å². The lowest BCUT2D eigenvalue weighted by Crippen LogP contribution is -2.10. The number of rotatable bonds is 6. The third-order valence-corrected chi connectivity index (χ3v) is 3.12. The Morgan fingerprint density at radius 2 is 1.81 bits per heavy atom. The highest BCUT2D eigenvalue weighted by Gasteiger charge is 2.07. The Morgan fingerprint density at radius 1 is 1.12 bits per heavy atom. The van der Waals surface area contributed by atoms with E-state index < -0.39 is 0 Å². The van der Waals surface area contributed by atoms with Crippen molar-refractivity contribution in [2.45, 2.75) is 58.4 Å². The topological polar surface area (TPSA) is 26.0 Å². The van der Waals surface area contributed by atoms with Crippen LogP contribution in [0.3, 0.4) is 0 Å². The van der Waals surface area contributed by atoms with Crippen molar-refractivity contribution in [2.24, 2.45) is 5.73 Å². The molecule has 0 heterocycles. The summed E-state index contributed by atoms with van der Waals surface area (Å²) in [6, 6.07) is 8.95. The Morgan fingerprint density at radius 3 is 2.44 bits per heavy atom. The predicted octanol–water partition coefficient (Wildman–Crippen LogP) is 4.39. The van der Waals surface area contributed by atoms with Crippen molar-refractivity contribution in [3.63, 3.8) is 0 Å². The summed E-state index contributed by atoms with van der Waals surface area (Å²) in [5.41, 5.74) is 8.89. The number of nitrogens with two attached hydrogens (primary N) is 1. The van der Waals surface area contributed by atoms with Crippen molar-refractivity contribution in [1.82, 2.24) is 0 Å². The van der Waals surface area contributed by atoms with E-state index in [-0.39, 0.29) is 6.04 Å². The minimum absolute atomic E-state index is 0.213. The van der Waals surface area contributed by atoms with Crippen molar-refractivity contribution in [3.8, 4) is 0 Å². The first-order valence-electron chi connectivity index (χ1n) is 6.50. The van der Waals surface area contributed by atoms with Crippen molar-refractivity contribution in [1.29, 1.82) is 0 Å². The molecule has 0 bridgehead atoms. The highest BCUT2D eigenvalue weighted by atomic mass is 14.6. The molecule has 1 aromatic carbocycles. The van der Waals surface area contributed by atoms with Crippen LogP contribution in [0.25, 0.3) is 0 Å². The van der Waals surface area contributed by atoms with Gasteiger partial charge in [-0.15, -0.1) is 0 Å². The number of hydrogen-bond donors (Lipinski definition) is 1. The quantitative estimate of drug-likeness (QED) is 0.705. The van der Waals surface area contributed by atoms with Crippen LogP contribution in [0.1, 0.15) is 69.5 Å². The molecule has 16 heavy (non-hydrogen) atoms. The molecule has 0 saturated heterocycles. The average molecular weight is 219 g/mol. The number of benzene rings is 1. The van der Waals surface area contributed by atoms with Crippen molar-refractivity contribution in [3.05, 3.63) is 35.4 Å². The van der Waals surface area contributed by atoms with Crippen molar-refractivity contribution in [2.75, 3.05) is 0 Å². The first kappa shape index (κ1) is 13.2. The molecule has 0 aromatic heterocycles.